The van der Waals surface area contributed by atoms with Crippen molar-refractivity contribution in [2.24, 2.45) is 0 Å². The standard InChI is InChI=1S/C17H18ClN3S/c1-8-6-9(2)14(10(3)7-8)19-15-13-11(4)12(5)22-16(13)21-17(18)20-15/h6-7H,1-5H3,(H,19,20,21). The van der Waals surface area contributed by atoms with Crippen molar-refractivity contribution >= 4 is 44.7 Å². The van der Waals surface area contributed by atoms with Crippen LogP contribution in [0.2, 0.25) is 5.28 Å². The van der Waals surface area contributed by atoms with Crippen molar-refractivity contribution in [3.8, 4) is 0 Å². The summed E-state index contributed by atoms with van der Waals surface area (Å²) in [6, 6.07) is 4.34. The van der Waals surface area contributed by atoms with E-state index in [0.717, 1.165) is 21.7 Å². The molecule has 0 aliphatic carbocycles. The van der Waals surface area contributed by atoms with Gasteiger partial charge in [-0.15, -0.1) is 11.3 Å². The Morgan fingerprint density at radius 3 is 2.27 bits per heavy atom. The van der Waals surface area contributed by atoms with Gasteiger partial charge in [0, 0.05) is 10.6 Å². The van der Waals surface area contributed by atoms with Gasteiger partial charge in [-0.25, -0.2) is 4.98 Å². The molecule has 1 N–H and O–H groups in total. The zero-order chi connectivity index (χ0) is 16.0. The molecule has 3 aromatic rings. The predicted molar refractivity (Wildman–Crippen MR) is 95.8 cm³/mol. The van der Waals surface area contributed by atoms with E-state index < -0.39 is 0 Å². The van der Waals surface area contributed by atoms with Gasteiger partial charge in [-0.1, -0.05) is 17.7 Å². The first kappa shape index (κ1) is 15.3. The average Bonchev–Trinajstić information content (AvgIpc) is 2.68. The maximum absolute atomic E-state index is 6.10. The Balaban J connectivity index is 2.19. The molecular weight excluding hydrogens is 314 g/mol. The van der Waals surface area contributed by atoms with E-state index >= 15 is 0 Å². The van der Waals surface area contributed by atoms with Gasteiger partial charge in [0.1, 0.15) is 10.6 Å². The number of fused-ring (bicyclic) bond motifs is 1. The smallest absolute Gasteiger partial charge is 0.225 e. The average molecular weight is 332 g/mol. The summed E-state index contributed by atoms with van der Waals surface area (Å²) in [6.45, 7) is 10.5. The molecule has 2 aromatic heterocycles. The quantitative estimate of drug-likeness (QED) is 0.618. The highest BCUT2D eigenvalue weighted by atomic mass is 35.5. The molecule has 0 saturated carbocycles. The van der Waals surface area contributed by atoms with Gasteiger partial charge in [-0.2, -0.15) is 4.98 Å². The lowest BCUT2D eigenvalue weighted by atomic mass is 10.0. The summed E-state index contributed by atoms with van der Waals surface area (Å²) in [5, 5.41) is 4.81. The molecule has 0 fully saturated rings. The molecule has 114 valence electrons. The Morgan fingerprint density at radius 1 is 1.00 bits per heavy atom. The van der Waals surface area contributed by atoms with Crippen LogP contribution in [0.4, 0.5) is 11.5 Å². The Labute approximate surface area is 139 Å². The Morgan fingerprint density at radius 2 is 1.64 bits per heavy atom. The summed E-state index contributed by atoms with van der Waals surface area (Å²) in [4.78, 5) is 10.9. The molecule has 0 amide bonds. The monoisotopic (exact) mass is 331 g/mol. The maximum atomic E-state index is 6.10. The molecular formula is C17H18ClN3S. The van der Waals surface area contributed by atoms with Crippen LogP contribution in [0.1, 0.15) is 27.1 Å². The third-order valence-corrected chi connectivity index (χ3v) is 5.19. The van der Waals surface area contributed by atoms with Gasteiger partial charge in [0.15, 0.2) is 0 Å². The van der Waals surface area contributed by atoms with E-state index in [9.17, 15) is 0 Å². The fraction of sp³-hybridized carbons (Fsp3) is 0.294. The molecule has 5 heteroatoms. The molecule has 0 aliphatic rings. The molecule has 0 spiro atoms. The van der Waals surface area contributed by atoms with Gasteiger partial charge in [-0.05, 0) is 62.9 Å². The van der Waals surface area contributed by atoms with Crippen molar-refractivity contribution in [1.29, 1.82) is 0 Å². The molecule has 3 nitrogen and oxygen atoms in total. The normalized spacial score (nSPS) is 11.2. The number of rotatable bonds is 2. The van der Waals surface area contributed by atoms with Crippen molar-refractivity contribution in [2.45, 2.75) is 34.6 Å². The van der Waals surface area contributed by atoms with E-state index in [2.05, 4.69) is 62.0 Å². The van der Waals surface area contributed by atoms with Crippen molar-refractivity contribution in [2.75, 3.05) is 5.32 Å². The third-order valence-electron chi connectivity index (χ3n) is 3.92. The number of aromatic nitrogens is 2. The van der Waals surface area contributed by atoms with Gasteiger partial charge < -0.3 is 5.32 Å². The molecule has 0 radical (unpaired) electrons. The molecule has 2 heterocycles. The van der Waals surface area contributed by atoms with Crippen molar-refractivity contribution < 1.29 is 0 Å². The summed E-state index contributed by atoms with van der Waals surface area (Å²) >= 11 is 7.75. The first-order valence-corrected chi connectivity index (χ1v) is 8.34. The molecule has 22 heavy (non-hydrogen) atoms. The number of aryl methyl sites for hydroxylation is 5. The second-order valence-corrected chi connectivity index (χ2v) is 7.24. The number of hydrogen-bond donors (Lipinski definition) is 1. The second-order valence-electron chi connectivity index (χ2n) is 5.70. The van der Waals surface area contributed by atoms with Crippen LogP contribution in [0.5, 0.6) is 0 Å². The summed E-state index contributed by atoms with van der Waals surface area (Å²) in [5.41, 5.74) is 5.95. The van der Waals surface area contributed by atoms with Crippen LogP contribution in [-0.4, -0.2) is 9.97 Å². The molecule has 0 aliphatic heterocycles. The van der Waals surface area contributed by atoms with E-state index in [1.165, 1.54) is 27.1 Å². The Hall–Kier alpha value is -1.65. The summed E-state index contributed by atoms with van der Waals surface area (Å²) in [6.07, 6.45) is 0. The minimum Gasteiger partial charge on any atom is -0.339 e. The van der Waals surface area contributed by atoms with Crippen molar-refractivity contribution in [1.82, 2.24) is 9.97 Å². The first-order valence-electron chi connectivity index (χ1n) is 7.15. The molecule has 0 bridgehead atoms. The van der Waals surface area contributed by atoms with E-state index in [1.807, 2.05) is 0 Å². The zero-order valence-corrected chi connectivity index (χ0v) is 14.9. The predicted octanol–water partition coefficient (Wildman–Crippen LogP) is 5.63. The second kappa shape index (κ2) is 5.52. The third kappa shape index (κ3) is 2.57. The topological polar surface area (TPSA) is 37.8 Å². The van der Waals surface area contributed by atoms with E-state index in [-0.39, 0.29) is 5.28 Å². The molecule has 0 unspecified atom stereocenters. The van der Waals surface area contributed by atoms with Gasteiger partial charge >= 0.3 is 0 Å². The van der Waals surface area contributed by atoms with Gasteiger partial charge in [0.05, 0.1) is 5.39 Å². The minimum absolute atomic E-state index is 0.277. The van der Waals surface area contributed by atoms with Gasteiger partial charge in [0.2, 0.25) is 5.28 Å². The number of benzene rings is 1. The largest absolute Gasteiger partial charge is 0.339 e. The van der Waals surface area contributed by atoms with Crippen molar-refractivity contribution in [3.05, 3.63) is 44.5 Å². The van der Waals surface area contributed by atoms with E-state index in [0.29, 0.717) is 0 Å². The summed E-state index contributed by atoms with van der Waals surface area (Å²) in [5.74, 6) is 0.784. The van der Waals surface area contributed by atoms with Crippen LogP contribution < -0.4 is 5.32 Å². The van der Waals surface area contributed by atoms with E-state index in [1.54, 1.807) is 11.3 Å². The van der Waals surface area contributed by atoms with Crippen LogP contribution in [0.25, 0.3) is 10.2 Å². The van der Waals surface area contributed by atoms with Crippen LogP contribution in [-0.2, 0) is 0 Å². The first-order chi connectivity index (χ1) is 10.4. The van der Waals surface area contributed by atoms with E-state index in [4.69, 9.17) is 11.6 Å². The van der Waals surface area contributed by atoms with Crippen molar-refractivity contribution in [3.63, 3.8) is 0 Å². The number of anilines is 2. The number of thiophene rings is 1. The van der Waals surface area contributed by atoms with Crippen LogP contribution in [0.15, 0.2) is 12.1 Å². The summed E-state index contributed by atoms with van der Waals surface area (Å²) < 4.78 is 0. The number of hydrogen-bond acceptors (Lipinski definition) is 4. The lowest BCUT2D eigenvalue weighted by Crippen LogP contribution is -2.01. The van der Waals surface area contributed by atoms with Crippen LogP contribution in [0, 0.1) is 34.6 Å². The molecule has 0 saturated heterocycles. The maximum Gasteiger partial charge on any atom is 0.225 e. The van der Waals surface area contributed by atoms with Crippen LogP contribution in [0.3, 0.4) is 0 Å². The van der Waals surface area contributed by atoms with Crippen LogP contribution >= 0.6 is 22.9 Å². The highest BCUT2D eigenvalue weighted by molar-refractivity contribution is 7.18. The Bertz CT molecular complexity index is 860. The lowest BCUT2D eigenvalue weighted by Gasteiger charge is -2.14. The SMILES string of the molecule is Cc1cc(C)c(Nc2nc(Cl)nc3sc(C)c(C)c23)c(C)c1. The fourth-order valence-electron chi connectivity index (χ4n) is 2.81. The number of halogens is 1. The molecule has 3 rings (SSSR count). The zero-order valence-electron chi connectivity index (χ0n) is 13.3. The van der Waals surface area contributed by atoms with Gasteiger partial charge in [-0.3, -0.25) is 0 Å². The number of nitrogens with zero attached hydrogens (tertiary/aromatic N) is 2. The minimum atomic E-state index is 0.277. The van der Waals surface area contributed by atoms with Gasteiger partial charge in [0.25, 0.3) is 0 Å². The summed E-state index contributed by atoms with van der Waals surface area (Å²) in [7, 11) is 0. The highest BCUT2D eigenvalue weighted by Gasteiger charge is 2.15. The lowest BCUT2D eigenvalue weighted by molar-refractivity contribution is 1.21. The highest BCUT2D eigenvalue weighted by Crippen LogP contribution is 2.36. The molecule has 0 atom stereocenters. The number of nitrogens with one attached hydrogen (secondary N) is 1. The molecule has 1 aromatic carbocycles. The Kier molecular flexibility index (Phi) is 3.83. The fourth-order valence-corrected chi connectivity index (χ4v) is 4.06.